The van der Waals surface area contributed by atoms with Crippen LogP contribution in [0, 0.1) is 0 Å². The summed E-state index contributed by atoms with van der Waals surface area (Å²) in [7, 11) is 0. The van der Waals surface area contributed by atoms with E-state index in [9.17, 15) is 14.4 Å². The lowest BCUT2D eigenvalue weighted by Crippen LogP contribution is -2.30. The summed E-state index contributed by atoms with van der Waals surface area (Å²) < 4.78 is 16.6. The van der Waals surface area contributed by atoms with Crippen LogP contribution in [-0.4, -0.2) is 37.2 Å². The topological polar surface area (TPSA) is 78.9 Å². The van der Waals surface area contributed by atoms with Crippen LogP contribution >= 0.6 is 0 Å². The van der Waals surface area contributed by atoms with Crippen LogP contribution < -0.4 is 0 Å². The van der Waals surface area contributed by atoms with E-state index in [1.807, 2.05) is 0 Å². The zero-order chi connectivity index (χ0) is 42.3. The fraction of sp³-hybridized carbons (Fsp3) is 0.635. The van der Waals surface area contributed by atoms with Crippen LogP contribution in [-0.2, 0) is 28.6 Å². The van der Waals surface area contributed by atoms with E-state index in [0.29, 0.717) is 19.3 Å². The van der Waals surface area contributed by atoms with Gasteiger partial charge in [-0.25, -0.2) is 0 Å². The molecular formula is C52H84O6. The molecule has 0 radical (unpaired) electrons. The van der Waals surface area contributed by atoms with Gasteiger partial charge in [0.25, 0.3) is 0 Å². The molecule has 0 aromatic heterocycles. The summed E-state index contributed by atoms with van der Waals surface area (Å²) in [6, 6.07) is 0. The molecule has 0 aliphatic heterocycles. The molecule has 58 heavy (non-hydrogen) atoms. The molecule has 6 nitrogen and oxygen atoms in total. The first-order chi connectivity index (χ1) is 28.5. The minimum absolute atomic E-state index is 0.103. The van der Waals surface area contributed by atoms with Gasteiger partial charge in [-0.2, -0.15) is 0 Å². The summed E-state index contributed by atoms with van der Waals surface area (Å²) in [6.45, 7) is 6.21. The Labute approximate surface area is 356 Å². The largest absolute Gasteiger partial charge is 0.462 e. The molecule has 1 atom stereocenters. The maximum Gasteiger partial charge on any atom is 0.306 e. The van der Waals surface area contributed by atoms with E-state index in [2.05, 4.69) is 118 Å². The van der Waals surface area contributed by atoms with Crippen LogP contribution in [0.1, 0.15) is 194 Å². The van der Waals surface area contributed by atoms with Gasteiger partial charge in [-0.05, 0) is 109 Å². The van der Waals surface area contributed by atoms with Crippen molar-refractivity contribution in [3.63, 3.8) is 0 Å². The van der Waals surface area contributed by atoms with Gasteiger partial charge in [-0.15, -0.1) is 0 Å². The lowest BCUT2D eigenvalue weighted by atomic mass is 10.1. The molecule has 0 bridgehead atoms. The van der Waals surface area contributed by atoms with Crippen molar-refractivity contribution >= 4 is 17.9 Å². The minimum Gasteiger partial charge on any atom is -0.462 e. The number of allylic oxidation sites excluding steroid dienone is 16. The number of rotatable bonds is 40. The molecule has 0 heterocycles. The number of carbonyl (C=O) groups excluding carboxylic acids is 3. The summed E-state index contributed by atoms with van der Waals surface area (Å²) in [5.41, 5.74) is 0. The Morgan fingerprint density at radius 1 is 0.345 bits per heavy atom. The van der Waals surface area contributed by atoms with Gasteiger partial charge in [0.15, 0.2) is 6.10 Å². The second kappa shape index (κ2) is 46.0. The molecular weight excluding hydrogens is 721 g/mol. The monoisotopic (exact) mass is 805 g/mol. The standard InChI is InChI=1S/C52H84O6/c1-4-7-10-13-16-19-21-23-24-25-26-27-28-29-31-33-36-39-42-45-51(54)57-48-49(47-56-50(53)44-41-38-35-32-18-15-12-9-6-3)58-52(55)46-43-40-37-34-30-22-20-17-14-11-8-5-2/h7-12,16-20,23-24,26-27,32,49H,4-6,13-15,21-22,25,28-31,33-48H2,1-3H3/b10-7-,11-8-,12-9-,19-16-,20-17-,24-23-,27-26-,32-18-. The van der Waals surface area contributed by atoms with Gasteiger partial charge in [0.1, 0.15) is 13.2 Å². The predicted octanol–water partition coefficient (Wildman–Crippen LogP) is 15.0. The van der Waals surface area contributed by atoms with E-state index in [-0.39, 0.29) is 31.1 Å². The molecule has 0 saturated heterocycles. The van der Waals surface area contributed by atoms with E-state index >= 15 is 0 Å². The second-order valence-corrected chi connectivity index (χ2v) is 14.9. The third-order valence-corrected chi connectivity index (χ3v) is 9.31. The van der Waals surface area contributed by atoms with Crippen LogP contribution in [0.5, 0.6) is 0 Å². The summed E-state index contributed by atoms with van der Waals surface area (Å²) >= 11 is 0. The lowest BCUT2D eigenvalue weighted by molar-refractivity contribution is -0.167. The van der Waals surface area contributed by atoms with Gasteiger partial charge in [-0.3, -0.25) is 14.4 Å². The first kappa shape index (κ1) is 54.3. The predicted molar refractivity (Wildman–Crippen MR) is 247 cm³/mol. The molecule has 0 aromatic carbocycles. The molecule has 0 spiro atoms. The van der Waals surface area contributed by atoms with E-state index in [1.54, 1.807) is 0 Å². The van der Waals surface area contributed by atoms with E-state index in [0.717, 1.165) is 141 Å². The molecule has 0 aliphatic rings. The molecule has 1 unspecified atom stereocenters. The highest BCUT2D eigenvalue weighted by atomic mass is 16.6. The van der Waals surface area contributed by atoms with E-state index in [4.69, 9.17) is 14.2 Å². The first-order valence-corrected chi connectivity index (χ1v) is 23.2. The molecule has 0 rings (SSSR count). The molecule has 0 N–H and O–H groups in total. The molecule has 0 aliphatic carbocycles. The van der Waals surface area contributed by atoms with Crippen molar-refractivity contribution in [2.24, 2.45) is 0 Å². The van der Waals surface area contributed by atoms with Crippen molar-refractivity contribution in [3.8, 4) is 0 Å². The second-order valence-electron chi connectivity index (χ2n) is 14.9. The Hall–Kier alpha value is -3.67. The summed E-state index contributed by atoms with van der Waals surface area (Å²) in [5.74, 6) is -0.979. The summed E-state index contributed by atoms with van der Waals surface area (Å²) in [6.07, 6.45) is 59.8. The van der Waals surface area contributed by atoms with Crippen molar-refractivity contribution in [1.82, 2.24) is 0 Å². The van der Waals surface area contributed by atoms with Crippen LogP contribution in [0.2, 0.25) is 0 Å². The Balaban J connectivity index is 4.39. The Morgan fingerprint density at radius 3 is 1.00 bits per heavy atom. The third-order valence-electron chi connectivity index (χ3n) is 9.31. The fourth-order valence-corrected chi connectivity index (χ4v) is 5.92. The normalized spacial score (nSPS) is 12.9. The van der Waals surface area contributed by atoms with Gasteiger partial charge < -0.3 is 14.2 Å². The third kappa shape index (κ3) is 43.5. The average molecular weight is 805 g/mol. The molecule has 0 amide bonds. The number of unbranched alkanes of at least 4 members (excludes halogenated alkanes) is 13. The maximum absolute atomic E-state index is 12.7. The van der Waals surface area contributed by atoms with E-state index < -0.39 is 6.10 Å². The fourth-order valence-electron chi connectivity index (χ4n) is 5.92. The number of esters is 3. The van der Waals surface area contributed by atoms with Gasteiger partial charge in [-0.1, -0.05) is 163 Å². The van der Waals surface area contributed by atoms with Crippen LogP contribution in [0.3, 0.4) is 0 Å². The van der Waals surface area contributed by atoms with Crippen molar-refractivity contribution in [2.45, 2.75) is 200 Å². The van der Waals surface area contributed by atoms with Gasteiger partial charge in [0.05, 0.1) is 0 Å². The van der Waals surface area contributed by atoms with Crippen LogP contribution in [0.25, 0.3) is 0 Å². The number of carbonyl (C=O) groups is 3. The number of hydrogen-bond donors (Lipinski definition) is 0. The molecule has 0 fully saturated rings. The van der Waals surface area contributed by atoms with Crippen molar-refractivity contribution in [1.29, 1.82) is 0 Å². The van der Waals surface area contributed by atoms with Gasteiger partial charge >= 0.3 is 17.9 Å². The van der Waals surface area contributed by atoms with Crippen molar-refractivity contribution < 1.29 is 28.6 Å². The minimum atomic E-state index is -0.802. The lowest BCUT2D eigenvalue weighted by Gasteiger charge is -2.18. The Morgan fingerprint density at radius 2 is 0.621 bits per heavy atom. The molecule has 0 aromatic rings. The highest BCUT2D eigenvalue weighted by Crippen LogP contribution is 2.12. The van der Waals surface area contributed by atoms with Crippen LogP contribution in [0.4, 0.5) is 0 Å². The highest BCUT2D eigenvalue weighted by Gasteiger charge is 2.19. The zero-order valence-electron chi connectivity index (χ0n) is 37.3. The first-order valence-electron chi connectivity index (χ1n) is 23.2. The molecule has 328 valence electrons. The quantitative estimate of drug-likeness (QED) is 0.0266. The van der Waals surface area contributed by atoms with Gasteiger partial charge in [0.2, 0.25) is 0 Å². The smallest absolute Gasteiger partial charge is 0.306 e. The number of ether oxygens (including phenoxy) is 3. The average Bonchev–Trinajstić information content (AvgIpc) is 3.22. The van der Waals surface area contributed by atoms with Gasteiger partial charge in [0, 0.05) is 19.3 Å². The Bertz CT molecular complexity index is 1200. The summed E-state index contributed by atoms with van der Waals surface area (Å²) in [4.78, 5) is 37.7. The van der Waals surface area contributed by atoms with Crippen LogP contribution in [0.15, 0.2) is 97.2 Å². The SMILES string of the molecule is CC/C=C\C/C=C\C/C=C\C/C=C\CCCCCCCCC(=O)OCC(COC(=O)CCCC/C=C\C/C=C\CC)OC(=O)CCCCCCC/C=C\C/C=C\CC. The summed E-state index contributed by atoms with van der Waals surface area (Å²) in [5, 5.41) is 0. The highest BCUT2D eigenvalue weighted by molar-refractivity contribution is 5.71. The molecule has 6 heteroatoms. The maximum atomic E-state index is 12.7. The van der Waals surface area contributed by atoms with E-state index in [1.165, 1.54) is 12.8 Å². The Kier molecular flexibility index (Phi) is 43.1. The number of hydrogen-bond acceptors (Lipinski definition) is 6. The molecule has 0 saturated carbocycles. The van der Waals surface area contributed by atoms with Crippen molar-refractivity contribution in [3.05, 3.63) is 97.2 Å². The zero-order valence-corrected chi connectivity index (χ0v) is 37.3. The van der Waals surface area contributed by atoms with Crippen molar-refractivity contribution in [2.75, 3.05) is 13.2 Å².